The largest absolute Gasteiger partial charge is 0.0884 e. The van der Waals surface area contributed by atoms with Crippen molar-refractivity contribution in [2.75, 3.05) is 0 Å². The predicted molar refractivity (Wildman–Crippen MR) is 92.8 cm³/mol. The van der Waals surface area contributed by atoms with Gasteiger partial charge in [0.25, 0.3) is 0 Å². The third kappa shape index (κ3) is 5.07. The molecular weight excluding hydrogens is 332 g/mol. The lowest BCUT2D eigenvalue weighted by Crippen LogP contribution is -2.23. The highest BCUT2D eigenvalue weighted by Gasteiger charge is 2.25. The summed E-state index contributed by atoms with van der Waals surface area (Å²) < 4.78 is 0. The van der Waals surface area contributed by atoms with Gasteiger partial charge in [0, 0.05) is 9.85 Å². The first-order chi connectivity index (χ1) is 9.69. The first kappa shape index (κ1) is 16.4. The Hall–Kier alpha value is -0.0100. The number of alkyl halides is 1. The summed E-state index contributed by atoms with van der Waals surface area (Å²) in [6, 6.07) is 8.31. The van der Waals surface area contributed by atoms with Crippen molar-refractivity contribution in [2.45, 2.75) is 63.1 Å². The molecular formula is C18H26BrCl. The molecule has 1 aliphatic rings. The van der Waals surface area contributed by atoms with E-state index < -0.39 is 0 Å². The second-order valence-electron chi connectivity index (χ2n) is 6.27. The van der Waals surface area contributed by atoms with Gasteiger partial charge in [-0.2, -0.15) is 0 Å². The Kier molecular flexibility index (Phi) is 6.90. The lowest BCUT2D eigenvalue weighted by atomic mass is 9.78. The monoisotopic (exact) mass is 356 g/mol. The van der Waals surface area contributed by atoms with Gasteiger partial charge in [0.2, 0.25) is 0 Å². The molecule has 0 bridgehead atoms. The molecule has 1 saturated carbocycles. The lowest BCUT2D eigenvalue weighted by Gasteiger charge is -2.31. The number of hydrogen-bond donors (Lipinski definition) is 0. The van der Waals surface area contributed by atoms with E-state index in [4.69, 9.17) is 11.6 Å². The maximum Gasteiger partial charge on any atom is 0.0406 e. The zero-order valence-corrected chi connectivity index (χ0v) is 14.8. The maximum atomic E-state index is 5.94. The molecule has 2 heteroatoms. The van der Waals surface area contributed by atoms with Crippen LogP contribution in [0.15, 0.2) is 24.3 Å². The molecule has 1 aromatic rings. The number of unbranched alkanes of at least 4 members (excludes halogenated alkanes) is 1. The molecule has 2 rings (SSSR count). The van der Waals surface area contributed by atoms with Crippen LogP contribution in [0.1, 0.15) is 57.4 Å². The summed E-state index contributed by atoms with van der Waals surface area (Å²) >= 11 is 9.88. The molecule has 0 aliphatic heterocycles. The fourth-order valence-corrected chi connectivity index (χ4v) is 4.37. The molecule has 0 spiro atoms. The van der Waals surface area contributed by atoms with Crippen LogP contribution in [0.4, 0.5) is 0 Å². The molecule has 20 heavy (non-hydrogen) atoms. The van der Waals surface area contributed by atoms with Crippen LogP contribution in [0.25, 0.3) is 0 Å². The second-order valence-corrected chi connectivity index (χ2v) is 7.88. The molecule has 1 fully saturated rings. The molecule has 0 nitrogen and oxygen atoms in total. The molecule has 1 unspecified atom stereocenters. The van der Waals surface area contributed by atoms with Crippen LogP contribution in [-0.2, 0) is 6.42 Å². The third-order valence-corrected chi connectivity index (χ3v) is 6.04. The fourth-order valence-electron chi connectivity index (χ4n) is 3.34. The van der Waals surface area contributed by atoms with E-state index in [1.807, 2.05) is 12.1 Å². The topological polar surface area (TPSA) is 0 Å². The van der Waals surface area contributed by atoms with Crippen LogP contribution in [0.5, 0.6) is 0 Å². The third-order valence-electron chi connectivity index (χ3n) is 4.71. The van der Waals surface area contributed by atoms with Gasteiger partial charge in [-0.3, -0.25) is 0 Å². The van der Waals surface area contributed by atoms with Gasteiger partial charge in [-0.1, -0.05) is 78.7 Å². The fraction of sp³-hybridized carbons (Fsp3) is 0.667. The zero-order valence-electron chi connectivity index (χ0n) is 12.5. The molecule has 0 radical (unpaired) electrons. The van der Waals surface area contributed by atoms with Gasteiger partial charge in [-0.25, -0.2) is 0 Å². The van der Waals surface area contributed by atoms with Crippen LogP contribution in [0.2, 0.25) is 5.02 Å². The number of halogens is 2. The number of rotatable bonds is 6. The SMILES string of the molecule is CCCCC1CCC(C(Br)Cc2ccc(Cl)cc2)CC1. The predicted octanol–water partition coefficient (Wildman–Crippen LogP) is 6.64. The Morgan fingerprint density at radius 2 is 1.80 bits per heavy atom. The molecule has 112 valence electrons. The van der Waals surface area contributed by atoms with Crippen molar-refractivity contribution >= 4 is 27.5 Å². The quantitative estimate of drug-likeness (QED) is 0.500. The molecule has 0 heterocycles. The van der Waals surface area contributed by atoms with E-state index >= 15 is 0 Å². The van der Waals surface area contributed by atoms with E-state index in [1.54, 1.807) is 0 Å². The van der Waals surface area contributed by atoms with Crippen molar-refractivity contribution in [2.24, 2.45) is 11.8 Å². The van der Waals surface area contributed by atoms with Crippen molar-refractivity contribution < 1.29 is 0 Å². The minimum absolute atomic E-state index is 0.621. The van der Waals surface area contributed by atoms with E-state index in [0.29, 0.717) is 4.83 Å². The lowest BCUT2D eigenvalue weighted by molar-refractivity contribution is 0.256. The molecule has 1 atom stereocenters. The Morgan fingerprint density at radius 1 is 1.15 bits per heavy atom. The Bertz CT molecular complexity index is 379. The summed E-state index contributed by atoms with van der Waals surface area (Å²) in [7, 11) is 0. The average molecular weight is 358 g/mol. The van der Waals surface area contributed by atoms with E-state index in [0.717, 1.165) is 23.3 Å². The van der Waals surface area contributed by atoms with Gasteiger partial charge >= 0.3 is 0 Å². The summed E-state index contributed by atoms with van der Waals surface area (Å²) in [5.41, 5.74) is 1.39. The number of benzene rings is 1. The van der Waals surface area contributed by atoms with Gasteiger partial charge in [0.1, 0.15) is 0 Å². The standard InChI is InChI=1S/C18H26BrCl/c1-2-3-4-14-5-9-16(10-6-14)18(19)13-15-7-11-17(20)12-8-15/h7-8,11-12,14,16,18H,2-6,9-10,13H2,1H3. The molecule has 0 saturated heterocycles. The smallest absolute Gasteiger partial charge is 0.0406 e. The van der Waals surface area contributed by atoms with Gasteiger partial charge < -0.3 is 0 Å². The molecule has 0 N–H and O–H groups in total. The number of hydrogen-bond acceptors (Lipinski definition) is 0. The molecule has 0 aromatic heterocycles. The highest BCUT2D eigenvalue weighted by molar-refractivity contribution is 9.09. The van der Waals surface area contributed by atoms with Crippen molar-refractivity contribution in [1.29, 1.82) is 0 Å². The van der Waals surface area contributed by atoms with Crippen molar-refractivity contribution in [3.8, 4) is 0 Å². The first-order valence-electron chi connectivity index (χ1n) is 8.07. The van der Waals surface area contributed by atoms with Crippen LogP contribution in [0, 0.1) is 11.8 Å². The summed E-state index contributed by atoms with van der Waals surface area (Å²) in [6.07, 6.45) is 11.0. The van der Waals surface area contributed by atoms with Crippen LogP contribution in [-0.4, -0.2) is 4.83 Å². The van der Waals surface area contributed by atoms with Gasteiger partial charge in [0.05, 0.1) is 0 Å². The average Bonchev–Trinajstić information content (AvgIpc) is 2.48. The van der Waals surface area contributed by atoms with Crippen LogP contribution >= 0.6 is 27.5 Å². The minimum Gasteiger partial charge on any atom is -0.0884 e. The summed E-state index contributed by atoms with van der Waals surface area (Å²) in [4.78, 5) is 0.621. The van der Waals surface area contributed by atoms with Gasteiger partial charge in [0.15, 0.2) is 0 Å². The summed E-state index contributed by atoms with van der Waals surface area (Å²) in [5, 5.41) is 0.830. The Balaban J connectivity index is 1.76. The maximum absolute atomic E-state index is 5.94. The highest BCUT2D eigenvalue weighted by atomic mass is 79.9. The molecule has 1 aromatic carbocycles. The summed E-state index contributed by atoms with van der Waals surface area (Å²) in [5.74, 6) is 1.85. The van der Waals surface area contributed by atoms with Crippen LogP contribution in [0.3, 0.4) is 0 Å². The van der Waals surface area contributed by atoms with E-state index in [9.17, 15) is 0 Å². The van der Waals surface area contributed by atoms with Crippen molar-refractivity contribution in [3.63, 3.8) is 0 Å². The highest BCUT2D eigenvalue weighted by Crippen LogP contribution is 2.36. The van der Waals surface area contributed by atoms with Crippen molar-refractivity contribution in [1.82, 2.24) is 0 Å². The summed E-state index contributed by atoms with van der Waals surface area (Å²) in [6.45, 7) is 2.30. The molecule has 1 aliphatic carbocycles. The van der Waals surface area contributed by atoms with Gasteiger partial charge in [-0.15, -0.1) is 0 Å². The Labute approximate surface area is 137 Å². The van der Waals surface area contributed by atoms with E-state index in [1.165, 1.54) is 50.5 Å². The van der Waals surface area contributed by atoms with Crippen LogP contribution < -0.4 is 0 Å². The minimum atomic E-state index is 0.621. The molecule has 0 amide bonds. The van der Waals surface area contributed by atoms with E-state index in [2.05, 4.69) is 35.0 Å². The zero-order chi connectivity index (χ0) is 14.4. The normalized spacial score (nSPS) is 24.6. The first-order valence-corrected chi connectivity index (χ1v) is 9.37. The van der Waals surface area contributed by atoms with Gasteiger partial charge in [-0.05, 0) is 48.8 Å². The second kappa shape index (κ2) is 8.44. The Morgan fingerprint density at radius 3 is 2.40 bits per heavy atom. The van der Waals surface area contributed by atoms with E-state index in [-0.39, 0.29) is 0 Å². The van der Waals surface area contributed by atoms with Crippen molar-refractivity contribution in [3.05, 3.63) is 34.9 Å².